The predicted molar refractivity (Wildman–Crippen MR) is 73.7 cm³/mol. The van der Waals surface area contributed by atoms with Crippen molar-refractivity contribution in [3.63, 3.8) is 0 Å². The van der Waals surface area contributed by atoms with E-state index >= 15 is 0 Å². The minimum absolute atomic E-state index is 0.812. The summed E-state index contributed by atoms with van der Waals surface area (Å²) in [7, 11) is 1.68. The molecule has 0 saturated heterocycles. The van der Waals surface area contributed by atoms with Gasteiger partial charge >= 0.3 is 0 Å². The topological polar surface area (TPSA) is 22.1 Å². The fourth-order valence-electron chi connectivity index (χ4n) is 2.11. The smallest absolute Gasteiger partial charge is 0.145 e. The molecular formula is C16H13NO. The number of methoxy groups -OCH3 is 1. The van der Waals surface area contributed by atoms with Gasteiger partial charge in [-0.1, -0.05) is 36.4 Å². The van der Waals surface area contributed by atoms with E-state index in [9.17, 15) is 0 Å². The molecule has 2 aromatic carbocycles. The highest BCUT2D eigenvalue weighted by Gasteiger charge is 2.06. The fourth-order valence-corrected chi connectivity index (χ4v) is 2.11. The molecule has 0 atom stereocenters. The molecule has 0 saturated carbocycles. The lowest BCUT2D eigenvalue weighted by Gasteiger charge is -2.08. The lowest BCUT2D eigenvalue weighted by atomic mass is 10.0. The van der Waals surface area contributed by atoms with E-state index in [4.69, 9.17) is 4.74 Å². The van der Waals surface area contributed by atoms with E-state index in [0.29, 0.717) is 0 Å². The van der Waals surface area contributed by atoms with E-state index in [2.05, 4.69) is 29.2 Å². The van der Waals surface area contributed by atoms with Crippen molar-refractivity contribution in [3.8, 4) is 16.9 Å². The Labute approximate surface area is 106 Å². The molecule has 2 heteroatoms. The van der Waals surface area contributed by atoms with Crippen LogP contribution in [0, 0.1) is 0 Å². The Morgan fingerprint density at radius 1 is 0.889 bits per heavy atom. The van der Waals surface area contributed by atoms with Crippen molar-refractivity contribution in [2.24, 2.45) is 0 Å². The molecule has 18 heavy (non-hydrogen) atoms. The van der Waals surface area contributed by atoms with Gasteiger partial charge in [-0.3, -0.25) is 4.98 Å². The summed E-state index contributed by atoms with van der Waals surface area (Å²) in [5, 5.41) is 1.09. The Hall–Kier alpha value is -2.35. The van der Waals surface area contributed by atoms with Gasteiger partial charge in [0.25, 0.3) is 0 Å². The number of nitrogens with zero attached hydrogens (tertiary/aromatic N) is 1. The normalized spacial score (nSPS) is 10.5. The average Bonchev–Trinajstić information content (AvgIpc) is 2.47. The number of benzene rings is 2. The van der Waals surface area contributed by atoms with E-state index in [1.807, 2.05) is 30.3 Å². The third-order valence-electron chi connectivity index (χ3n) is 3.00. The first-order valence-electron chi connectivity index (χ1n) is 5.86. The van der Waals surface area contributed by atoms with Gasteiger partial charge in [-0.05, 0) is 29.3 Å². The van der Waals surface area contributed by atoms with E-state index < -0.39 is 0 Å². The van der Waals surface area contributed by atoms with E-state index in [0.717, 1.165) is 22.2 Å². The maximum absolute atomic E-state index is 5.43. The zero-order valence-electron chi connectivity index (χ0n) is 10.1. The van der Waals surface area contributed by atoms with E-state index in [1.54, 1.807) is 13.3 Å². The van der Waals surface area contributed by atoms with Gasteiger partial charge in [-0.25, -0.2) is 0 Å². The second-order valence-corrected chi connectivity index (χ2v) is 4.12. The van der Waals surface area contributed by atoms with Crippen molar-refractivity contribution in [2.45, 2.75) is 0 Å². The Balaban J connectivity index is 2.26. The second-order valence-electron chi connectivity index (χ2n) is 4.12. The van der Waals surface area contributed by atoms with Crippen LogP contribution in [0.1, 0.15) is 0 Å². The Morgan fingerprint density at radius 3 is 2.50 bits per heavy atom. The first kappa shape index (κ1) is 10.8. The van der Waals surface area contributed by atoms with Crippen molar-refractivity contribution < 1.29 is 4.74 Å². The van der Waals surface area contributed by atoms with Gasteiger partial charge in [0, 0.05) is 11.6 Å². The van der Waals surface area contributed by atoms with Gasteiger partial charge in [-0.2, -0.15) is 0 Å². The van der Waals surface area contributed by atoms with Crippen LogP contribution in [0.15, 0.2) is 60.8 Å². The zero-order valence-corrected chi connectivity index (χ0v) is 10.1. The number of hydrogen-bond donors (Lipinski definition) is 0. The van der Waals surface area contributed by atoms with E-state index in [1.165, 1.54) is 5.56 Å². The van der Waals surface area contributed by atoms with Crippen LogP contribution in [0.25, 0.3) is 22.0 Å². The Morgan fingerprint density at radius 2 is 1.72 bits per heavy atom. The summed E-state index contributed by atoms with van der Waals surface area (Å²) >= 11 is 0. The first-order chi connectivity index (χ1) is 8.88. The van der Waals surface area contributed by atoms with Gasteiger partial charge in [0.2, 0.25) is 0 Å². The van der Waals surface area contributed by atoms with Crippen LogP contribution in [0.3, 0.4) is 0 Å². The molecule has 1 heterocycles. The zero-order chi connectivity index (χ0) is 12.4. The molecule has 88 valence electrons. The largest absolute Gasteiger partial charge is 0.494 e. The summed E-state index contributed by atoms with van der Waals surface area (Å²) in [6.07, 6.45) is 1.78. The molecule has 0 unspecified atom stereocenters. The van der Waals surface area contributed by atoms with Crippen molar-refractivity contribution in [3.05, 3.63) is 60.8 Å². The minimum atomic E-state index is 0.812. The van der Waals surface area contributed by atoms with Crippen LogP contribution < -0.4 is 4.74 Å². The molecule has 3 aromatic rings. The van der Waals surface area contributed by atoms with Gasteiger partial charge in [0.15, 0.2) is 0 Å². The second kappa shape index (κ2) is 4.49. The van der Waals surface area contributed by atoms with Crippen LogP contribution in [0.4, 0.5) is 0 Å². The highest BCUT2D eigenvalue weighted by atomic mass is 16.5. The summed E-state index contributed by atoms with van der Waals surface area (Å²) in [5.74, 6) is 0.812. The third kappa shape index (κ3) is 1.82. The van der Waals surface area contributed by atoms with Crippen molar-refractivity contribution in [1.82, 2.24) is 4.98 Å². The quantitative estimate of drug-likeness (QED) is 0.671. The van der Waals surface area contributed by atoms with Crippen LogP contribution in [0.2, 0.25) is 0 Å². The van der Waals surface area contributed by atoms with Crippen LogP contribution in [0.5, 0.6) is 5.75 Å². The van der Waals surface area contributed by atoms with Crippen LogP contribution in [-0.4, -0.2) is 12.1 Å². The van der Waals surface area contributed by atoms with Gasteiger partial charge in [0.05, 0.1) is 7.11 Å². The maximum Gasteiger partial charge on any atom is 0.145 e. The number of aromatic nitrogens is 1. The summed E-state index contributed by atoms with van der Waals surface area (Å²) in [4.78, 5) is 4.36. The molecule has 0 spiro atoms. The van der Waals surface area contributed by atoms with Crippen molar-refractivity contribution >= 4 is 10.9 Å². The Kier molecular flexibility index (Phi) is 2.69. The molecule has 0 bridgehead atoms. The highest BCUT2D eigenvalue weighted by Crippen LogP contribution is 2.30. The molecule has 0 N–H and O–H groups in total. The standard InChI is InChI=1S/C16H13NO/c1-18-15-11-14(12-6-3-2-4-7-12)10-13-8-5-9-17-16(13)15/h2-11H,1H3. The molecule has 0 aliphatic rings. The fraction of sp³-hybridized carbons (Fsp3) is 0.0625. The average molecular weight is 235 g/mol. The molecule has 3 rings (SSSR count). The Bertz CT molecular complexity index is 677. The number of hydrogen-bond acceptors (Lipinski definition) is 2. The van der Waals surface area contributed by atoms with Crippen molar-refractivity contribution in [1.29, 1.82) is 0 Å². The third-order valence-corrected chi connectivity index (χ3v) is 3.00. The van der Waals surface area contributed by atoms with Gasteiger partial charge in [0.1, 0.15) is 11.3 Å². The van der Waals surface area contributed by atoms with Gasteiger partial charge in [-0.15, -0.1) is 0 Å². The number of rotatable bonds is 2. The number of ether oxygens (including phenoxy) is 1. The molecule has 0 fully saturated rings. The van der Waals surface area contributed by atoms with Crippen LogP contribution >= 0.6 is 0 Å². The SMILES string of the molecule is COc1cc(-c2ccccc2)cc2cccnc12. The molecule has 2 nitrogen and oxygen atoms in total. The summed E-state index contributed by atoms with van der Waals surface area (Å²) in [6, 6.07) is 18.4. The maximum atomic E-state index is 5.43. The number of pyridine rings is 1. The molecule has 0 radical (unpaired) electrons. The van der Waals surface area contributed by atoms with Crippen LogP contribution in [-0.2, 0) is 0 Å². The lowest BCUT2D eigenvalue weighted by Crippen LogP contribution is -1.89. The van der Waals surface area contributed by atoms with Crippen molar-refractivity contribution in [2.75, 3.05) is 7.11 Å². The molecule has 1 aromatic heterocycles. The monoisotopic (exact) mass is 235 g/mol. The summed E-state index contributed by atoms with van der Waals surface area (Å²) in [5.41, 5.74) is 3.23. The minimum Gasteiger partial charge on any atom is -0.494 e. The first-order valence-corrected chi connectivity index (χ1v) is 5.86. The summed E-state index contributed by atoms with van der Waals surface area (Å²) < 4.78 is 5.43. The number of fused-ring (bicyclic) bond motifs is 1. The molecule has 0 aliphatic carbocycles. The summed E-state index contributed by atoms with van der Waals surface area (Å²) in [6.45, 7) is 0. The van der Waals surface area contributed by atoms with E-state index in [-0.39, 0.29) is 0 Å². The highest BCUT2D eigenvalue weighted by molar-refractivity contribution is 5.89. The molecular weight excluding hydrogens is 222 g/mol. The molecule has 0 aliphatic heterocycles. The van der Waals surface area contributed by atoms with Gasteiger partial charge < -0.3 is 4.74 Å². The lowest BCUT2D eigenvalue weighted by molar-refractivity contribution is 0.419. The predicted octanol–water partition coefficient (Wildman–Crippen LogP) is 3.91. The molecule has 0 amide bonds.